The summed E-state index contributed by atoms with van der Waals surface area (Å²) in [6, 6.07) is 2.60. The van der Waals surface area contributed by atoms with E-state index in [9.17, 15) is 24.3 Å². The topological polar surface area (TPSA) is 134 Å². The van der Waals surface area contributed by atoms with E-state index in [2.05, 4.69) is 16.0 Å². The van der Waals surface area contributed by atoms with Crippen molar-refractivity contribution < 1.29 is 29.0 Å². The minimum Gasteiger partial charge on any atom is -0.480 e. The standard InChI is InChI=1S/C22H31Cl2N3O6/c1-6-12(2)18(19(29)25-11-13-8-7-9-14(23)17(13)24)27-16(28)10-15(20(30)31)26-21(32)33-22(3,4)5/h7-9,12,15,18H,6,10-11H2,1-5H3,(H,25,29)(H,26,32)(H,27,28)(H,30,31)/t12?,15-,18-/m0/s1. The summed E-state index contributed by atoms with van der Waals surface area (Å²) in [5.74, 6) is -2.82. The molecule has 11 heteroatoms. The van der Waals surface area contributed by atoms with Crippen molar-refractivity contribution in [2.24, 2.45) is 5.92 Å². The van der Waals surface area contributed by atoms with E-state index in [0.29, 0.717) is 22.0 Å². The highest BCUT2D eigenvalue weighted by Crippen LogP contribution is 2.25. The second-order valence-electron chi connectivity index (χ2n) is 8.60. The van der Waals surface area contributed by atoms with Crippen molar-refractivity contribution >= 4 is 47.1 Å². The van der Waals surface area contributed by atoms with E-state index < -0.39 is 48.0 Å². The van der Waals surface area contributed by atoms with Gasteiger partial charge in [0.25, 0.3) is 0 Å². The maximum absolute atomic E-state index is 12.8. The SMILES string of the molecule is CCC(C)[C@H](NC(=O)C[C@H](NC(=O)OC(C)(C)C)C(=O)O)C(=O)NCc1cccc(Cl)c1Cl. The fourth-order valence-electron chi connectivity index (χ4n) is 2.75. The number of rotatable bonds is 10. The zero-order valence-electron chi connectivity index (χ0n) is 19.3. The number of aliphatic carboxylic acids is 1. The quantitative estimate of drug-likeness (QED) is 0.385. The van der Waals surface area contributed by atoms with Gasteiger partial charge in [0.15, 0.2) is 0 Å². The summed E-state index contributed by atoms with van der Waals surface area (Å²) in [7, 11) is 0. The molecule has 0 saturated carbocycles. The maximum Gasteiger partial charge on any atom is 0.408 e. The molecular formula is C22H31Cl2N3O6. The Morgan fingerprint density at radius 3 is 2.30 bits per heavy atom. The lowest BCUT2D eigenvalue weighted by Gasteiger charge is -2.25. The molecule has 1 unspecified atom stereocenters. The molecule has 184 valence electrons. The first-order valence-corrected chi connectivity index (χ1v) is 11.2. The normalized spacial score (nSPS) is 13.9. The van der Waals surface area contributed by atoms with Crippen molar-refractivity contribution in [2.75, 3.05) is 0 Å². The molecule has 0 aromatic heterocycles. The number of ether oxygens (including phenoxy) is 1. The highest BCUT2D eigenvalue weighted by atomic mass is 35.5. The van der Waals surface area contributed by atoms with Gasteiger partial charge in [-0.15, -0.1) is 0 Å². The van der Waals surface area contributed by atoms with Crippen molar-refractivity contribution in [3.8, 4) is 0 Å². The zero-order valence-corrected chi connectivity index (χ0v) is 20.8. The minimum absolute atomic E-state index is 0.0962. The van der Waals surface area contributed by atoms with Gasteiger partial charge >= 0.3 is 12.1 Å². The van der Waals surface area contributed by atoms with Crippen LogP contribution in [0, 0.1) is 5.92 Å². The van der Waals surface area contributed by atoms with Crippen LogP contribution in [0.15, 0.2) is 18.2 Å². The lowest BCUT2D eigenvalue weighted by atomic mass is 9.97. The number of carboxylic acids is 1. The highest BCUT2D eigenvalue weighted by Gasteiger charge is 2.30. The molecule has 4 N–H and O–H groups in total. The first-order valence-electron chi connectivity index (χ1n) is 10.5. The Morgan fingerprint density at radius 1 is 1.12 bits per heavy atom. The van der Waals surface area contributed by atoms with Crippen LogP contribution in [0.3, 0.4) is 0 Å². The predicted octanol–water partition coefficient (Wildman–Crippen LogP) is 3.51. The molecule has 0 spiro atoms. The van der Waals surface area contributed by atoms with Crippen LogP contribution in [-0.2, 0) is 25.7 Å². The number of hydrogen-bond acceptors (Lipinski definition) is 5. The first-order chi connectivity index (χ1) is 15.2. The van der Waals surface area contributed by atoms with Gasteiger partial charge < -0.3 is 25.8 Å². The molecule has 9 nitrogen and oxygen atoms in total. The second kappa shape index (κ2) is 12.6. The van der Waals surface area contributed by atoms with Crippen molar-refractivity contribution in [1.82, 2.24) is 16.0 Å². The Morgan fingerprint density at radius 2 is 1.76 bits per heavy atom. The highest BCUT2D eigenvalue weighted by molar-refractivity contribution is 6.42. The smallest absolute Gasteiger partial charge is 0.408 e. The van der Waals surface area contributed by atoms with Gasteiger partial charge in [-0.2, -0.15) is 0 Å². The van der Waals surface area contributed by atoms with E-state index in [1.165, 1.54) is 0 Å². The molecule has 0 bridgehead atoms. The van der Waals surface area contributed by atoms with Crippen LogP contribution >= 0.6 is 23.2 Å². The van der Waals surface area contributed by atoms with Crippen molar-refractivity contribution in [1.29, 1.82) is 0 Å². The van der Waals surface area contributed by atoms with Gasteiger partial charge in [-0.1, -0.05) is 55.6 Å². The third kappa shape index (κ3) is 9.88. The van der Waals surface area contributed by atoms with Gasteiger partial charge in [-0.3, -0.25) is 9.59 Å². The van der Waals surface area contributed by atoms with Crippen LogP contribution in [0.25, 0.3) is 0 Å². The van der Waals surface area contributed by atoms with Crippen molar-refractivity contribution in [2.45, 2.75) is 71.7 Å². The largest absolute Gasteiger partial charge is 0.480 e. The lowest BCUT2D eigenvalue weighted by Crippen LogP contribution is -2.52. The number of hydrogen-bond donors (Lipinski definition) is 4. The minimum atomic E-state index is -1.52. The molecule has 0 heterocycles. The Kier molecular flexibility index (Phi) is 10.9. The molecule has 3 amide bonds. The van der Waals surface area contributed by atoms with Crippen molar-refractivity contribution in [3.63, 3.8) is 0 Å². The zero-order chi connectivity index (χ0) is 25.3. The van der Waals surface area contributed by atoms with Crippen LogP contribution < -0.4 is 16.0 Å². The Bertz CT molecular complexity index is 872. The molecule has 0 radical (unpaired) electrons. The van der Waals surface area contributed by atoms with Gasteiger partial charge in [0.05, 0.1) is 16.5 Å². The molecule has 33 heavy (non-hydrogen) atoms. The predicted molar refractivity (Wildman–Crippen MR) is 125 cm³/mol. The van der Waals surface area contributed by atoms with Crippen LogP contribution in [0.2, 0.25) is 10.0 Å². The Labute approximate surface area is 203 Å². The summed E-state index contributed by atoms with van der Waals surface area (Å²) in [4.78, 5) is 48.8. The van der Waals surface area contributed by atoms with Crippen LogP contribution in [-0.4, -0.2) is 46.7 Å². The fraction of sp³-hybridized carbons (Fsp3) is 0.545. The molecule has 1 aromatic rings. The molecule has 1 rings (SSSR count). The third-order valence-corrected chi connectivity index (χ3v) is 5.53. The van der Waals surface area contributed by atoms with Gasteiger partial charge in [0.1, 0.15) is 17.7 Å². The van der Waals surface area contributed by atoms with E-state index in [0.717, 1.165) is 0 Å². The van der Waals surface area contributed by atoms with Gasteiger partial charge in [-0.25, -0.2) is 9.59 Å². The fourth-order valence-corrected chi connectivity index (χ4v) is 3.13. The third-order valence-electron chi connectivity index (χ3n) is 4.68. The first kappa shape index (κ1) is 28.5. The van der Waals surface area contributed by atoms with E-state index in [1.54, 1.807) is 45.9 Å². The number of nitrogens with one attached hydrogen (secondary N) is 3. The number of alkyl carbamates (subject to hydrolysis) is 1. The molecule has 1 aromatic carbocycles. The van der Waals surface area contributed by atoms with Crippen LogP contribution in [0.5, 0.6) is 0 Å². The number of carbonyl (C=O) groups is 4. The number of amides is 3. The molecular weight excluding hydrogens is 473 g/mol. The molecule has 0 aliphatic heterocycles. The molecule has 0 fully saturated rings. The summed E-state index contributed by atoms with van der Waals surface area (Å²) in [5.41, 5.74) is -0.222. The van der Waals surface area contributed by atoms with E-state index in [4.69, 9.17) is 27.9 Å². The van der Waals surface area contributed by atoms with Crippen LogP contribution in [0.1, 0.15) is 53.0 Å². The molecule has 0 aliphatic carbocycles. The van der Waals surface area contributed by atoms with Gasteiger partial charge in [0, 0.05) is 6.54 Å². The average molecular weight is 504 g/mol. The number of benzene rings is 1. The van der Waals surface area contributed by atoms with Crippen LogP contribution in [0.4, 0.5) is 4.79 Å². The summed E-state index contributed by atoms with van der Waals surface area (Å²) in [6.07, 6.45) is -0.957. The van der Waals surface area contributed by atoms with Crippen molar-refractivity contribution in [3.05, 3.63) is 33.8 Å². The average Bonchev–Trinajstić information content (AvgIpc) is 2.70. The monoisotopic (exact) mass is 503 g/mol. The molecule has 0 aliphatic rings. The summed E-state index contributed by atoms with van der Waals surface area (Å²) >= 11 is 12.1. The molecule has 0 saturated heterocycles. The number of carbonyl (C=O) groups excluding carboxylic acids is 3. The number of halogens is 2. The summed E-state index contributed by atoms with van der Waals surface area (Å²) in [6.45, 7) is 8.61. The number of carboxylic acid groups (broad SMARTS) is 1. The summed E-state index contributed by atoms with van der Waals surface area (Å²) < 4.78 is 5.04. The Balaban J connectivity index is 2.82. The van der Waals surface area contributed by atoms with E-state index >= 15 is 0 Å². The Hall–Kier alpha value is -2.52. The second-order valence-corrected chi connectivity index (χ2v) is 9.39. The maximum atomic E-state index is 12.8. The van der Waals surface area contributed by atoms with E-state index in [-0.39, 0.29) is 12.5 Å². The summed E-state index contributed by atoms with van der Waals surface area (Å²) in [5, 5.41) is 17.5. The molecule has 3 atom stereocenters. The van der Waals surface area contributed by atoms with Gasteiger partial charge in [-0.05, 0) is 38.3 Å². The van der Waals surface area contributed by atoms with Gasteiger partial charge in [0.2, 0.25) is 11.8 Å². The van der Waals surface area contributed by atoms with E-state index in [1.807, 2.05) is 6.92 Å². The lowest BCUT2D eigenvalue weighted by molar-refractivity contribution is -0.141.